The number of rotatable bonds is 2. The number of aliphatic hydroxyl groups is 1. The van der Waals surface area contributed by atoms with Gasteiger partial charge in [-0.05, 0) is 11.5 Å². The van der Waals surface area contributed by atoms with Gasteiger partial charge < -0.3 is 14.6 Å². The highest BCUT2D eigenvalue weighted by molar-refractivity contribution is 5.89. The Morgan fingerprint density at radius 2 is 1.88 bits per heavy atom. The van der Waals surface area contributed by atoms with Crippen LogP contribution in [-0.2, 0) is 4.74 Å². The average molecular weight is 218 g/mol. The van der Waals surface area contributed by atoms with Gasteiger partial charge in [-0.2, -0.15) is 0 Å². The molecule has 16 heavy (non-hydrogen) atoms. The molecule has 0 spiro atoms. The van der Waals surface area contributed by atoms with Gasteiger partial charge >= 0.3 is 6.16 Å². The molecule has 0 saturated carbocycles. The molecule has 4 heteroatoms. The van der Waals surface area contributed by atoms with Crippen molar-refractivity contribution in [1.82, 2.24) is 0 Å². The minimum absolute atomic E-state index is 0.413. The first-order valence-electron chi connectivity index (χ1n) is 4.74. The van der Waals surface area contributed by atoms with Crippen LogP contribution in [0.15, 0.2) is 42.5 Å². The Morgan fingerprint density at radius 3 is 2.69 bits per heavy atom. The van der Waals surface area contributed by atoms with Gasteiger partial charge in [-0.15, -0.1) is 0 Å². The average Bonchev–Trinajstić information content (AvgIpc) is 2.30. The van der Waals surface area contributed by atoms with Crippen LogP contribution in [-0.4, -0.2) is 18.1 Å². The van der Waals surface area contributed by atoms with Crippen LogP contribution in [0.3, 0.4) is 0 Å². The van der Waals surface area contributed by atoms with Crippen LogP contribution >= 0.6 is 0 Å². The van der Waals surface area contributed by atoms with E-state index < -0.39 is 12.9 Å². The fourth-order valence-electron chi connectivity index (χ4n) is 1.46. The minimum Gasteiger partial charge on any atom is -0.407 e. The number of ether oxygens (including phenoxy) is 2. The Morgan fingerprint density at radius 1 is 1.12 bits per heavy atom. The maximum atomic E-state index is 11.1. The quantitative estimate of drug-likeness (QED) is 0.477. The third kappa shape index (κ3) is 2.12. The molecule has 0 unspecified atom stereocenters. The topological polar surface area (TPSA) is 55.8 Å². The van der Waals surface area contributed by atoms with Crippen molar-refractivity contribution in [1.29, 1.82) is 0 Å². The second-order valence-electron chi connectivity index (χ2n) is 3.10. The SMILES string of the molecule is O=C(OCO)Oc1cccc2ccccc12. The molecule has 0 bridgehead atoms. The van der Waals surface area contributed by atoms with Crippen molar-refractivity contribution in [2.24, 2.45) is 0 Å². The summed E-state index contributed by atoms with van der Waals surface area (Å²) in [7, 11) is 0. The first-order valence-corrected chi connectivity index (χ1v) is 4.74. The number of carbonyl (C=O) groups is 1. The third-order valence-corrected chi connectivity index (χ3v) is 2.13. The lowest BCUT2D eigenvalue weighted by molar-refractivity contribution is 0.0187. The lowest BCUT2D eigenvalue weighted by Gasteiger charge is -2.06. The predicted molar refractivity (Wildman–Crippen MR) is 58.1 cm³/mol. The molecule has 0 aliphatic heterocycles. The van der Waals surface area contributed by atoms with Gasteiger partial charge in [-0.25, -0.2) is 4.79 Å². The molecule has 2 rings (SSSR count). The summed E-state index contributed by atoms with van der Waals surface area (Å²) in [6.07, 6.45) is -0.918. The number of benzene rings is 2. The van der Waals surface area contributed by atoms with Crippen molar-refractivity contribution in [3.8, 4) is 5.75 Å². The van der Waals surface area contributed by atoms with Crippen LogP contribution in [0.5, 0.6) is 5.75 Å². The van der Waals surface area contributed by atoms with E-state index in [4.69, 9.17) is 9.84 Å². The van der Waals surface area contributed by atoms with Gasteiger partial charge in [-0.3, -0.25) is 0 Å². The van der Waals surface area contributed by atoms with E-state index in [-0.39, 0.29) is 0 Å². The van der Waals surface area contributed by atoms with Gasteiger partial charge in [0, 0.05) is 5.39 Å². The van der Waals surface area contributed by atoms with E-state index in [1.807, 2.05) is 30.3 Å². The Balaban J connectivity index is 2.33. The number of fused-ring (bicyclic) bond motifs is 1. The summed E-state index contributed by atoms with van der Waals surface area (Å²) in [5.41, 5.74) is 0. The molecule has 0 aliphatic rings. The standard InChI is InChI=1S/C12H10O4/c13-8-15-12(14)16-11-7-3-5-9-4-1-2-6-10(9)11/h1-7,13H,8H2. The zero-order chi connectivity index (χ0) is 11.4. The maximum Gasteiger partial charge on any atom is 0.515 e. The summed E-state index contributed by atoms with van der Waals surface area (Å²) in [5, 5.41) is 10.2. The summed E-state index contributed by atoms with van der Waals surface area (Å²) in [6.45, 7) is -0.691. The Hall–Kier alpha value is -2.07. The molecule has 0 saturated heterocycles. The van der Waals surface area contributed by atoms with Crippen molar-refractivity contribution < 1.29 is 19.4 Å². The molecular formula is C12H10O4. The van der Waals surface area contributed by atoms with Crippen LogP contribution in [0.1, 0.15) is 0 Å². The van der Waals surface area contributed by atoms with E-state index in [0.717, 1.165) is 10.8 Å². The molecule has 82 valence electrons. The number of hydrogen-bond acceptors (Lipinski definition) is 4. The highest BCUT2D eigenvalue weighted by Crippen LogP contribution is 2.25. The van der Waals surface area contributed by atoms with Gasteiger partial charge in [-0.1, -0.05) is 36.4 Å². The van der Waals surface area contributed by atoms with Crippen molar-refractivity contribution in [2.45, 2.75) is 0 Å². The second-order valence-corrected chi connectivity index (χ2v) is 3.10. The highest BCUT2D eigenvalue weighted by Gasteiger charge is 2.07. The lowest BCUT2D eigenvalue weighted by atomic mass is 10.1. The summed E-state index contributed by atoms with van der Waals surface area (Å²) in [6, 6.07) is 12.9. The van der Waals surface area contributed by atoms with Crippen LogP contribution in [0.25, 0.3) is 10.8 Å². The number of carbonyl (C=O) groups excluding carboxylic acids is 1. The zero-order valence-corrected chi connectivity index (χ0v) is 8.42. The fraction of sp³-hybridized carbons (Fsp3) is 0.0833. The normalized spacial score (nSPS) is 10.1. The van der Waals surface area contributed by atoms with Crippen LogP contribution in [0, 0.1) is 0 Å². The summed E-state index contributed by atoms with van der Waals surface area (Å²) >= 11 is 0. The van der Waals surface area contributed by atoms with E-state index in [1.165, 1.54) is 0 Å². The van der Waals surface area contributed by atoms with Crippen molar-refractivity contribution in [3.05, 3.63) is 42.5 Å². The predicted octanol–water partition coefficient (Wildman–Crippen LogP) is 2.31. The Kier molecular flexibility index (Phi) is 3.03. The molecule has 0 aromatic heterocycles. The molecule has 1 N–H and O–H groups in total. The Labute approximate surface area is 92.0 Å². The second kappa shape index (κ2) is 4.63. The van der Waals surface area contributed by atoms with Gasteiger partial charge in [0.2, 0.25) is 0 Å². The molecule has 0 heterocycles. The molecule has 0 amide bonds. The Bertz CT molecular complexity index is 502. The van der Waals surface area contributed by atoms with Gasteiger partial charge in [0.1, 0.15) is 5.75 Å². The zero-order valence-electron chi connectivity index (χ0n) is 8.42. The first-order chi connectivity index (χ1) is 7.81. The van der Waals surface area contributed by atoms with Crippen molar-refractivity contribution >= 4 is 16.9 Å². The smallest absolute Gasteiger partial charge is 0.407 e. The number of aliphatic hydroxyl groups excluding tert-OH is 1. The first kappa shape index (κ1) is 10.4. The number of hydrogen-bond donors (Lipinski definition) is 1. The monoisotopic (exact) mass is 218 g/mol. The van der Waals surface area contributed by atoms with E-state index in [1.54, 1.807) is 12.1 Å². The molecule has 2 aromatic carbocycles. The van der Waals surface area contributed by atoms with E-state index in [0.29, 0.717) is 5.75 Å². The van der Waals surface area contributed by atoms with Crippen molar-refractivity contribution in [2.75, 3.05) is 6.79 Å². The molecule has 4 nitrogen and oxygen atoms in total. The van der Waals surface area contributed by atoms with E-state index in [9.17, 15) is 4.79 Å². The van der Waals surface area contributed by atoms with E-state index >= 15 is 0 Å². The molecule has 0 radical (unpaired) electrons. The molecular weight excluding hydrogens is 208 g/mol. The molecule has 2 aromatic rings. The third-order valence-electron chi connectivity index (χ3n) is 2.13. The summed E-state index contributed by atoms with van der Waals surface area (Å²) in [5.74, 6) is 0.413. The van der Waals surface area contributed by atoms with Crippen LogP contribution < -0.4 is 4.74 Å². The summed E-state index contributed by atoms with van der Waals surface area (Å²) in [4.78, 5) is 11.1. The lowest BCUT2D eigenvalue weighted by Crippen LogP contribution is -2.11. The summed E-state index contributed by atoms with van der Waals surface area (Å²) < 4.78 is 9.24. The fourth-order valence-corrected chi connectivity index (χ4v) is 1.46. The van der Waals surface area contributed by atoms with Gasteiger partial charge in [0.25, 0.3) is 0 Å². The van der Waals surface area contributed by atoms with Crippen LogP contribution in [0.2, 0.25) is 0 Å². The largest absolute Gasteiger partial charge is 0.515 e. The van der Waals surface area contributed by atoms with Crippen LogP contribution in [0.4, 0.5) is 4.79 Å². The van der Waals surface area contributed by atoms with Gasteiger partial charge in [0.15, 0.2) is 6.79 Å². The van der Waals surface area contributed by atoms with Gasteiger partial charge in [0.05, 0.1) is 0 Å². The molecule has 0 atom stereocenters. The maximum absolute atomic E-state index is 11.1. The minimum atomic E-state index is -0.918. The highest BCUT2D eigenvalue weighted by atomic mass is 16.8. The van der Waals surface area contributed by atoms with E-state index in [2.05, 4.69) is 4.74 Å². The molecule has 0 aliphatic carbocycles. The van der Waals surface area contributed by atoms with Crippen molar-refractivity contribution in [3.63, 3.8) is 0 Å². The molecule has 0 fully saturated rings.